The van der Waals surface area contributed by atoms with Gasteiger partial charge in [0.1, 0.15) is 5.75 Å². The molecule has 0 bridgehead atoms. The van der Waals surface area contributed by atoms with E-state index < -0.39 is 0 Å². The summed E-state index contributed by atoms with van der Waals surface area (Å²) < 4.78 is 7.29. The first-order valence-corrected chi connectivity index (χ1v) is 11.9. The van der Waals surface area contributed by atoms with E-state index in [1.807, 2.05) is 35.0 Å². The first-order chi connectivity index (χ1) is 16.7. The molecule has 176 valence electrons. The fourth-order valence-electron chi connectivity index (χ4n) is 4.81. The SMILES string of the molecule is COc1ccc2cc(CN(CCc3ccccc3)Cc3nnnn3C3CCCC3)c(=O)[nH]c2c1. The van der Waals surface area contributed by atoms with Crippen LogP contribution in [0.15, 0.2) is 59.4 Å². The van der Waals surface area contributed by atoms with Gasteiger partial charge in [-0.25, -0.2) is 4.68 Å². The van der Waals surface area contributed by atoms with Crippen LogP contribution in [-0.2, 0) is 19.5 Å². The van der Waals surface area contributed by atoms with Gasteiger partial charge in [0, 0.05) is 24.7 Å². The van der Waals surface area contributed by atoms with Crippen LogP contribution in [0.25, 0.3) is 10.9 Å². The summed E-state index contributed by atoms with van der Waals surface area (Å²) >= 11 is 0. The van der Waals surface area contributed by atoms with Crippen LogP contribution < -0.4 is 10.3 Å². The van der Waals surface area contributed by atoms with E-state index in [-0.39, 0.29) is 5.56 Å². The number of benzene rings is 2. The summed E-state index contributed by atoms with van der Waals surface area (Å²) in [5.74, 6) is 1.58. The summed E-state index contributed by atoms with van der Waals surface area (Å²) in [6, 6.07) is 18.5. The van der Waals surface area contributed by atoms with Crippen LogP contribution in [0.5, 0.6) is 5.75 Å². The van der Waals surface area contributed by atoms with Gasteiger partial charge >= 0.3 is 0 Å². The van der Waals surface area contributed by atoms with Gasteiger partial charge in [0.15, 0.2) is 5.82 Å². The Morgan fingerprint density at radius 1 is 1.09 bits per heavy atom. The molecule has 8 nitrogen and oxygen atoms in total. The number of hydrogen-bond acceptors (Lipinski definition) is 6. The zero-order valence-corrected chi connectivity index (χ0v) is 19.5. The van der Waals surface area contributed by atoms with Gasteiger partial charge in [-0.1, -0.05) is 43.2 Å². The van der Waals surface area contributed by atoms with Crippen LogP contribution in [0.1, 0.15) is 48.7 Å². The van der Waals surface area contributed by atoms with Gasteiger partial charge in [-0.2, -0.15) is 0 Å². The number of aromatic amines is 1. The number of fused-ring (bicyclic) bond motifs is 1. The van der Waals surface area contributed by atoms with E-state index >= 15 is 0 Å². The predicted octanol–water partition coefficient (Wildman–Crippen LogP) is 3.88. The molecule has 2 heterocycles. The molecule has 0 spiro atoms. The first kappa shape index (κ1) is 22.3. The number of pyridine rings is 1. The summed E-state index contributed by atoms with van der Waals surface area (Å²) in [4.78, 5) is 18.2. The number of aromatic nitrogens is 5. The molecule has 8 heteroatoms. The minimum Gasteiger partial charge on any atom is -0.497 e. The highest BCUT2D eigenvalue weighted by molar-refractivity contribution is 5.80. The largest absolute Gasteiger partial charge is 0.497 e. The van der Waals surface area contributed by atoms with Crippen molar-refractivity contribution in [3.8, 4) is 5.75 Å². The maximum atomic E-state index is 13.0. The Labute approximate surface area is 198 Å². The van der Waals surface area contributed by atoms with Crippen molar-refractivity contribution >= 4 is 10.9 Å². The monoisotopic (exact) mass is 458 g/mol. The third-order valence-electron chi connectivity index (χ3n) is 6.68. The van der Waals surface area contributed by atoms with E-state index in [9.17, 15) is 4.79 Å². The normalized spacial score (nSPS) is 14.3. The zero-order chi connectivity index (χ0) is 23.3. The zero-order valence-electron chi connectivity index (χ0n) is 19.5. The van der Waals surface area contributed by atoms with Crippen LogP contribution in [0.4, 0.5) is 0 Å². The molecular formula is C26H30N6O2. The fourth-order valence-corrected chi connectivity index (χ4v) is 4.81. The van der Waals surface area contributed by atoms with Crippen LogP contribution >= 0.6 is 0 Å². The van der Waals surface area contributed by atoms with Gasteiger partial charge < -0.3 is 9.72 Å². The predicted molar refractivity (Wildman–Crippen MR) is 131 cm³/mol. The molecule has 0 saturated heterocycles. The Balaban J connectivity index is 1.40. The van der Waals surface area contributed by atoms with Gasteiger partial charge in [-0.3, -0.25) is 9.69 Å². The average molecular weight is 459 g/mol. The summed E-state index contributed by atoms with van der Waals surface area (Å²) in [6.07, 6.45) is 5.57. The molecule has 34 heavy (non-hydrogen) atoms. The fraction of sp³-hybridized carbons (Fsp3) is 0.385. The van der Waals surface area contributed by atoms with Crippen LogP contribution in [0, 0.1) is 0 Å². The number of hydrogen-bond donors (Lipinski definition) is 1. The van der Waals surface area contributed by atoms with Crippen molar-refractivity contribution in [2.45, 2.75) is 51.2 Å². The lowest BCUT2D eigenvalue weighted by Gasteiger charge is -2.23. The highest BCUT2D eigenvalue weighted by Gasteiger charge is 2.23. The molecule has 2 aromatic heterocycles. The van der Waals surface area contributed by atoms with E-state index in [1.54, 1.807) is 7.11 Å². The Bertz CT molecular complexity index is 1290. The Morgan fingerprint density at radius 3 is 2.71 bits per heavy atom. The summed E-state index contributed by atoms with van der Waals surface area (Å²) in [5, 5.41) is 13.6. The summed E-state index contributed by atoms with van der Waals surface area (Å²) in [6.45, 7) is 1.90. The molecule has 0 atom stereocenters. The van der Waals surface area contributed by atoms with Crippen molar-refractivity contribution in [2.24, 2.45) is 0 Å². The standard InChI is InChI=1S/C26H30N6O2/c1-34-23-12-11-20-15-21(26(33)27-24(20)16-23)17-31(14-13-19-7-3-2-4-8-19)18-25-28-29-30-32(25)22-9-5-6-10-22/h2-4,7-8,11-12,15-16,22H,5-6,9-10,13-14,17-18H2,1H3,(H,27,33). The maximum absolute atomic E-state index is 13.0. The quantitative estimate of drug-likeness (QED) is 0.409. The average Bonchev–Trinajstić information content (AvgIpc) is 3.55. The van der Waals surface area contributed by atoms with Crippen molar-refractivity contribution < 1.29 is 4.74 Å². The Kier molecular flexibility index (Phi) is 6.67. The molecule has 1 aliphatic carbocycles. The van der Waals surface area contributed by atoms with Crippen LogP contribution in [0.2, 0.25) is 0 Å². The molecule has 0 aliphatic heterocycles. The van der Waals surface area contributed by atoms with Crippen molar-refractivity contribution in [1.82, 2.24) is 30.1 Å². The van der Waals surface area contributed by atoms with E-state index in [0.29, 0.717) is 19.1 Å². The second kappa shape index (κ2) is 10.2. The molecular weight excluding hydrogens is 428 g/mol. The third kappa shape index (κ3) is 5.02. The molecule has 0 amide bonds. The van der Waals surface area contributed by atoms with Gasteiger partial charge in [0.05, 0.1) is 25.2 Å². The minimum atomic E-state index is -0.0825. The van der Waals surface area contributed by atoms with Crippen molar-refractivity contribution in [3.63, 3.8) is 0 Å². The lowest BCUT2D eigenvalue weighted by molar-refractivity contribution is 0.243. The number of methoxy groups -OCH3 is 1. The Hall–Kier alpha value is -3.52. The molecule has 0 unspecified atom stereocenters. The second-order valence-corrected chi connectivity index (χ2v) is 9.00. The Morgan fingerprint density at radius 2 is 1.91 bits per heavy atom. The van der Waals surface area contributed by atoms with Crippen LogP contribution in [-0.4, -0.2) is 43.7 Å². The maximum Gasteiger partial charge on any atom is 0.252 e. The smallest absolute Gasteiger partial charge is 0.252 e. The van der Waals surface area contributed by atoms with Gasteiger partial charge in [-0.05, 0) is 58.8 Å². The van der Waals surface area contributed by atoms with Gasteiger partial charge in [0.2, 0.25) is 0 Å². The van der Waals surface area contributed by atoms with Crippen LogP contribution in [0.3, 0.4) is 0 Å². The van der Waals surface area contributed by atoms with E-state index in [2.05, 4.69) is 49.7 Å². The van der Waals surface area contributed by atoms with Gasteiger partial charge in [-0.15, -0.1) is 5.10 Å². The highest BCUT2D eigenvalue weighted by atomic mass is 16.5. The first-order valence-electron chi connectivity index (χ1n) is 11.9. The minimum absolute atomic E-state index is 0.0825. The molecule has 1 N–H and O–H groups in total. The van der Waals surface area contributed by atoms with Crippen molar-refractivity contribution in [1.29, 1.82) is 0 Å². The van der Waals surface area contributed by atoms with Crippen molar-refractivity contribution in [2.75, 3.05) is 13.7 Å². The molecule has 1 fully saturated rings. The summed E-state index contributed by atoms with van der Waals surface area (Å²) in [7, 11) is 1.62. The molecule has 1 aliphatic rings. The van der Waals surface area contributed by atoms with E-state index in [0.717, 1.165) is 53.8 Å². The number of tetrazole rings is 1. The van der Waals surface area contributed by atoms with E-state index in [1.165, 1.54) is 18.4 Å². The molecule has 0 radical (unpaired) electrons. The lowest BCUT2D eigenvalue weighted by atomic mass is 10.1. The van der Waals surface area contributed by atoms with Gasteiger partial charge in [0.25, 0.3) is 5.56 Å². The molecule has 4 aromatic rings. The topological polar surface area (TPSA) is 88.9 Å². The number of ether oxygens (including phenoxy) is 1. The molecule has 5 rings (SSSR count). The number of nitrogens with zero attached hydrogens (tertiary/aromatic N) is 5. The number of nitrogens with one attached hydrogen (secondary N) is 1. The molecule has 1 saturated carbocycles. The summed E-state index contributed by atoms with van der Waals surface area (Å²) in [5.41, 5.74) is 2.68. The second-order valence-electron chi connectivity index (χ2n) is 9.00. The van der Waals surface area contributed by atoms with Crippen molar-refractivity contribution in [3.05, 3.63) is 81.9 Å². The number of rotatable bonds is 9. The highest BCUT2D eigenvalue weighted by Crippen LogP contribution is 2.29. The third-order valence-corrected chi connectivity index (χ3v) is 6.68. The van der Waals surface area contributed by atoms with E-state index in [4.69, 9.17) is 4.74 Å². The number of H-pyrrole nitrogens is 1. The molecule has 2 aromatic carbocycles. The lowest BCUT2D eigenvalue weighted by Crippen LogP contribution is -2.30.